The van der Waals surface area contributed by atoms with E-state index in [1.54, 1.807) is 27.8 Å². The number of amides is 1. The fourth-order valence-corrected chi connectivity index (χ4v) is 4.50. The van der Waals surface area contributed by atoms with Crippen molar-refractivity contribution in [3.63, 3.8) is 0 Å². The molecule has 0 radical (unpaired) electrons. The Bertz CT molecular complexity index is 1140. The molecule has 29 heavy (non-hydrogen) atoms. The summed E-state index contributed by atoms with van der Waals surface area (Å²) in [6.07, 6.45) is 1.63. The second-order valence-corrected chi connectivity index (χ2v) is 7.95. The molecule has 11 heteroatoms. The standard InChI is InChI=1S/C18H14F4N4OS2/c1-25-11(6-13(27)24-17-23-2-3-29-17)12-4-8(7-26(12)18(25)28)14-15(21)9(19)5-10(20)16(14)22/h2-3,5,8H,4,6-7H2,1H3,(H,23,24,27)/t8-/m0/s1. The molecule has 2 aromatic heterocycles. The first kappa shape index (κ1) is 19.8. The fraction of sp³-hybridized carbons (Fsp3) is 0.278. The third kappa shape index (κ3) is 3.38. The SMILES string of the molecule is Cn1c(CC(=O)Nc2nccs2)c2n(c1=S)C[C@@H](c1c(F)c(F)cc(F)c1F)C2. The highest BCUT2D eigenvalue weighted by Gasteiger charge is 2.34. The maximum absolute atomic E-state index is 14.2. The van der Waals surface area contributed by atoms with E-state index in [0.717, 1.165) is 0 Å². The zero-order valence-electron chi connectivity index (χ0n) is 15.0. The topological polar surface area (TPSA) is 51.9 Å². The Morgan fingerprint density at radius 1 is 1.31 bits per heavy atom. The smallest absolute Gasteiger partial charge is 0.232 e. The molecule has 1 amide bonds. The lowest BCUT2D eigenvalue weighted by Gasteiger charge is -2.14. The second kappa shape index (κ2) is 7.38. The van der Waals surface area contributed by atoms with Crippen molar-refractivity contribution >= 4 is 34.6 Å². The lowest BCUT2D eigenvalue weighted by molar-refractivity contribution is -0.115. The van der Waals surface area contributed by atoms with E-state index in [2.05, 4.69) is 10.3 Å². The maximum Gasteiger partial charge on any atom is 0.232 e. The van der Waals surface area contributed by atoms with Crippen LogP contribution in [-0.2, 0) is 31.2 Å². The number of carbonyl (C=O) groups is 1. The summed E-state index contributed by atoms with van der Waals surface area (Å²) in [5, 5.41) is 4.84. The van der Waals surface area contributed by atoms with Crippen LogP contribution in [0.2, 0.25) is 0 Å². The zero-order chi connectivity index (χ0) is 20.9. The number of carbonyl (C=O) groups excluding carboxylic acids is 1. The lowest BCUT2D eigenvalue weighted by Crippen LogP contribution is -2.17. The van der Waals surface area contributed by atoms with Gasteiger partial charge in [0.05, 0.1) is 6.42 Å². The monoisotopic (exact) mass is 442 g/mol. The molecule has 152 valence electrons. The van der Waals surface area contributed by atoms with Crippen LogP contribution in [0.1, 0.15) is 22.9 Å². The summed E-state index contributed by atoms with van der Waals surface area (Å²) in [7, 11) is 1.69. The van der Waals surface area contributed by atoms with Gasteiger partial charge in [-0.25, -0.2) is 22.5 Å². The Morgan fingerprint density at radius 3 is 2.62 bits per heavy atom. The van der Waals surface area contributed by atoms with Crippen molar-refractivity contribution < 1.29 is 22.4 Å². The number of benzene rings is 1. The van der Waals surface area contributed by atoms with Crippen molar-refractivity contribution in [2.75, 3.05) is 5.32 Å². The number of hydrogen-bond donors (Lipinski definition) is 1. The number of nitrogens with one attached hydrogen (secondary N) is 1. The number of fused-ring (bicyclic) bond motifs is 1. The lowest BCUT2D eigenvalue weighted by atomic mass is 9.94. The average Bonchev–Trinajstić information content (AvgIpc) is 3.37. The zero-order valence-corrected chi connectivity index (χ0v) is 16.6. The summed E-state index contributed by atoms with van der Waals surface area (Å²) in [5.41, 5.74) is 0.547. The van der Waals surface area contributed by atoms with Crippen molar-refractivity contribution in [1.82, 2.24) is 14.1 Å². The number of imidazole rings is 1. The van der Waals surface area contributed by atoms with Crippen molar-refractivity contribution in [3.05, 3.63) is 62.6 Å². The summed E-state index contributed by atoms with van der Waals surface area (Å²) in [4.78, 5) is 16.4. The van der Waals surface area contributed by atoms with E-state index in [9.17, 15) is 22.4 Å². The molecule has 0 bridgehead atoms. The van der Waals surface area contributed by atoms with E-state index in [-0.39, 0.29) is 31.4 Å². The van der Waals surface area contributed by atoms with E-state index in [1.165, 1.54) is 11.3 Å². The first-order valence-corrected chi connectivity index (χ1v) is 9.86. The van der Waals surface area contributed by atoms with Gasteiger partial charge < -0.3 is 14.5 Å². The van der Waals surface area contributed by atoms with Crippen LogP contribution in [0.4, 0.5) is 22.7 Å². The van der Waals surface area contributed by atoms with E-state index < -0.39 is 34.8 Å². The van der Waals surface area contributed by atoms with Crippen LogP contribution in [0.5, 0.6) is 0 Å². The Morgan fingerprint density at radius 2 is 2.00 bits per heavy atom. The summed E-state index contributed by atoms with van der Waals surface area (Å²) in [6.45, 7) is 0.0623. The summed E-state index contributed by atoms with van der Waals surface area (Å²) < 4.78 is 59.4. The Kier molecular flexibility index (Phi) is 5.03. The minimum atomic E-state index is -1.44. The van der Waals surface area contributed by atoms with Crippen LogP contribution in [-0.4, -0.2) is 20.0 Å². The van der Waals surface area contributed by atoms with Gasteiger partial charge in [0.2, 0.25) is 5.91 Å². The number of thiazole rings is 1. The fourth-order valence-electron chi connectivity index (χ4n) is 3.66. The van der Waals surface area contributed by atoms with E-state index in [1.807, 2.05) is 0 Å². The molecule has 3 aromatic rings. The third-order valence-corrected chi connectivity index (χ3v) is 6.17. The van der Waals surface area contributed by atoms with Gasteiger partial charge in [-0.3, -0.25) is 4.79 Å². The van der Waals surface area contributed by atoms with Gasteiger partial charge in [-0.2, -0.15) is 0 Å². The summed E-state index contributed by atoms with van der Waals surface area (Å²) in [5.74, 6) is -6.85. The molecule has 0 saturated heterocycles. The molecular formula is C18H14F4N4OS2. The van der Waals surface area contributed by atoms with Gasteiger partial charge in [-0.1, -0.05) is 0 Å². The highest BCUT2D eigenvalue weighted by Crippen LogP contribution is 2.36. The molecule has 0 fully saturated rings. The molecule has 1 atom stereocenters. The Balaban J connectivity index is 1.65. The molecule has 4 rings (SSSR count). The van der Waals surface area contributed by atoms with Gasteiger partial charge >= 0.3 is 0 Å². The molecule has 0 saturated carbocycles. The number of anilines is 1. The van der Waals surface area contributed by atoms with Gasteiger partial charge in [0, 0.05) is 54.1 Å². The number of hydrogen-bond acceptors (Lipinski definition) is 4. The van der Waals surface area contributed by atoms with Crippen molar-refractivity contribution in [1.29, 1.82) is 0 Å². The van der Waals surface area contributed by atoms with Crippen LogP contribution in [0.3, 0.4) is 0 Å². The predicted octanol–water partition coefficient (Wildman–Crippen LogP) is 4.09. The molecule has 0 spiro atoms. The predicted molar refractivity (Wildman–Crippen MR) is 101 cm³/mol. The maximum atomic E-state index is 14.2. The first-order chi connectivity index (χ1) is 13.8. The number of aromatic nitrogens is 3. The first-order valence-electron chi connectivity index (χ1n) is 8.57. The molecule has 0 aliphatic carbocycles. The number of halogens is 4. The van der Waals surface area contributed by atoms with Gasteiger partial charge in [0.25, 0.3) is 0 Å². The molecule has 1 aliphatic rings. The number of nitrogens with zero attached hydrogens (tertiary/aromatic N) is 3. The van der Waals surface area contributed by atoms with Crippen molar-refractivity contribution in [2.45, 2.75) is 25.3 Å². The van der Waals surface area contributed by atoms with Crippen LogP contribution in [0.15, 0.2) is 17.6 Å². The average molecular weight is 442 g/mol. The highest BCUT2D eigenvalue weighted by atomic mass is 32.1. The summed E-state index contributed by atoms with van der Waals surface area (Å²) >= 11 is 6.65. The van der Waals surface area contributed by atoms with Gasteiger partial charge in [-0.05, 0) is 18.6 Å². The van der Waals surface area contributed by atoms with Crippen LogP contribution in [0, 0.1) is 28.0 Å². The normalized spacial score (nSPS) is 15.6. The molecule has 3 heterocycles. The minimum absolute atomic E-state index is 0.0305. The van der Waals surface area contributed by atoms with Crippen molar-refractivity contribution in [3.8, 4) is 0 Å². The van der Waals surface area contributed by atoms with Gasteiger partial charge in [-0.15, -0.1) is 11.3 Å². The largest absolute Gasteiger partial charge is 0.323 e. The molecule has 5 nitrogen and oxygen atoms in total. The van der Waals surface area contributed by atoms with E-state index in [0.29, 0.717) is 21.3 Å². The molecular weight excluding hydrogens is 428 g/mol. The molecule has 1 aliphatic heterocycles. The molecule has 1 N–H and O–H groups in total. The van der Waals surface area contributed by atoms with Crippen LogP contribution in [0.25, 0.3) is 0 Å². The Hall–Kier alpha value is -2.53. The number of rotatable bonds is 4. The van der Waals surface area contributed by atoms with Crippen LogP contribution >= 0.6 is 23.6 Å². The van der Waals surface area contributed by atoms with Crippen LogP contribution < -0.4 is 5.32 Å². The summed E-state index contributed by atoms with van der Waals surface area (Å²) in [6, 6.07) is 0.191. The molecule has 0 unspecified atom stereocenters. The quantitative estimate of drug-likeness (QED) is 0.376. The van der Waals surface area contributed by atoms with E-state index in [4.69, 9.17) is 12.2 Å². The third-order valence-electron chi connectivity index (χ3n) is 4.99. The van der Waals surface area contributed by atoms with Crippen molar-refractivity contribution in [2.24, 2.45) is 7.05 Å². The van der Waals surface area contributed by atoms with Gasteiger partial charge in [0.1, 0.15) is 0 Å². The second-order valence-electron chi connectivity index (χ2n) is 6.69. The van der Waals surface area contributed by atoms with E-state index >= 15 is 0 Å². The minimum Gasteiger partial charge on any atom is -0.323 e. The highest BCUT2D eigenvalue weighted by molar-refractivity contribution is 7.71. The Labute approximate surface area is 171 Å². The molecule has 1 aromatic carbocycles. The van der Waals surface area contributed by atoms with Gasteiger partial charge in [0.15, 0.2) is 33.2 Å².